The summed E-state index contributed by atoms with van der Waals surface area (Å²) in [5.41, 5.74) is 0.410. The Labute approximate surface area is 188 Å². The molecule has 1 aliphatic carbocycles. The summed E-state index contributed by atoms with van der Waals surface area (Å²) in [7, 11) is 0. The molecule has 170 valence electrons. The van der Waals surface area contributed by atoms with Crippen LogP contribution in [0.25, 0.3) is 0 Å². The summed E-state index contributed by atoms with van der Waals surface area (Å²) in [6.45, 7) is 2.23. The van der Waals surface area contributed by atoms with Gasteiger partial charge in [0.05, 0.1) is 11.5 Å². The predicted octanol–water partition coefficient (Wildman–Crippen LogP) is 4.14. The van der Waals surface area contributed by atoms with Crippen LogP contribution in [-0.4, -0.2) is 52.7 Å². The maximum Gasteiger partial charge on any atom is 0.230 e. The van der Waals surface area contributed by atoms with Gasteiger partial charge in [-0.05, 0) is 69.2 Å². The third-order valence-corrected chi connectivity index (χ3v) is 7.39. The first-order valence-electron chi connectivity index (χ1n) is 11.7. The number of rotatable bonds is 4. The Bertz CT molecular complexity index is 964. The second-order valence-electron chi connectivity index (χ2n) is 9.42. The second-order valence-corrected chi connectivity index (χ2v) is 9.42. The van der Waals surface area contributed by atoms with Crippen molar-refractivity contribution in [1.82, 2.24) is 9.88 Å². The molecule has 0 unspecified atom stereocenters. The highest BCUT2D eigenvalue weighted by atomic mass is 19.1. The van der Waals surface area contributed by atoms with Gasteiger partial charge in [0, 0.05) is 49.8 Å². The predicted molar refractivity (Wildman–Crippen MR) is 119 cm³/mol. The van der Waals surface area contributed by atoms with E-state index in [1.165, 1.54) is 6.07 Å². The van der Waals surface area contributed by atoms with E-state index in [0.717, 1.165) is 63.7 Å². The maximum absolute atomic E-state index is 14.8. The molecule has 2 saturated heterocycles. The standard InChI is InChI=1S/C25H30FN3O3/c26-22-16-19(4-7-23(22)32-21-8-12-27-13-9-21)28-14-1-10-25(17-28)11-15-29(24(25)31)18-2-5-20(30)6-3-18/h4,7-9,12-13,16,18,20,30H,1-3,5-6,10-11,14-15,17H2/t18-,20+,25-/m1/s1. The lowest BCUT2D eigenvalue weighted by Gasteiger charge is -2.41. The van der Waals surface area contributed by atoms with Gasteiger partial charge >= 0.3 is 0 Å². The molecule has 2 aromatic rings. The summed E-state index contributed by atoms with van der Waals surface area (Å²) in [5.74, 6) is 0.547. The van der Waals surface area contributed by atoms with Crippen molar-refractivity contribution in [2.45, 2.75) is 57.1 Å². The number of anilines is 1. The van der Waals surface area contributed by atoms with Crippen molar-refractivity contribution < 1.29 is 19.0 Å². The SMILES string of the molecule is O=C1N([C@H]2CC[C@@H](O)CC2)CC[C@@]12CCCN(c1ccc(Oc3ccncc3)c(F)c1)C2. The number of hydrogen-bond acceptors (Lipinski definition) is 5. The topological polar surface area (TPSA) is 65.9 Å². The van der Waals surface area contributed by atoms with Gasteiger partial charge in [-0.15, -0.1) is 0 Å². The van der Waals surface area contributed by atoms with E-state index in [0.29, 0.717) is 12.3 Å². The van der Waals surface area contributed by atoms with E-state index in [2.05, 4.69) is 14.8 Å². The molecule has 1 spiro atoms. The molecule has 1 aromatic carbocycles. The number of aromatic nitrogens is 1. The van der Waals surface area contributed by atoms with Crippen LogP contribution in [0.15, 0.2) is 42.7 Å². The zero-order valence-corrected chi connectivity index (χ0v) is 18.3. The number of aliphatic hydroxyl groups is 1. The van der Waals surface area contributed by atoms with Crippen molar-refractivity contribution in [3.05, 3.63) is 48.5 Å². The minimum absolute atomic E-state index is 0.175. The Morgan fingerprint density at radius 2 is 1.84 bits per heavy atom. The number of nitrogens with zero attached hydrogens (tertiary/aromatic N) is 3. The Morgan fingerprint density at radius 1 is 1.06 bits per heavy atom. The van der Waals surface area contributed by atoms with Crippen LogP contribution in [0.1, 0.15) is 44.9 Å². The van der Waals surface area contributed by atoms with Gasteiger partial charge in [0.2, 0.25) is 5.91 Å². The number of pyridine rings is 1. The third kappa shape index (κ3) is 4.06. The lowest BCUT2D eigenvalue weighted by atomic mass is 9.78. The first kappa shape index (κ1) is 21.2. The maximum atomic E-state index is 14.8. The Kier molecular flexibility index (Phi) is 5.76. The fourth-order valence-electron chi connectivity index (χ4n) is 5.60. The van der Waals surface area contributed by atoms with Crippen LogP contribution in [0.5, 0.6) is 11.5 Å². The third-order valence-electron chi connectivity index (χ3n) is 7.39. The molecular weight excluding hydrogens is 409 g/mol. The number of aliphatic hydroxyl groups excluding tert-OH is 1. The Hall–Kier alpha value is -2.67. The molecule has 1 saturated carbocycles. The zero-order valence-electron chi connectivity index (χ0n) is 18.3. The molecule has 6 nitrogen and oxygen atoms in total. The molecule has 0 radical (unpaired) electrons. The number of ether oxygens (including phenoxy) is 1. The van der Waals surface area contributed by atoms with Gasteiger partial charge < -0.3 is 19.6 Å². The average Bonchev–Trinajstić information content (AvgIpc) is 3.12. The molecule has 2 aliphatic heterocycles. The number of carbonyl (C=O) groups excluding carboxylic acids is 1. The van der Waals surface area contributed by atoms with Crippen LogP contribution < -0.4 is 9.64 Å². The van der Waals surface area contributed by atoms with Crippen molar-refractivity contribution in [2.75, 3.05) is 24.5 Å². The smallest absolute Gasteiger partial charge is 0.230 e. The molecule has 1 N–H and O–H groups in total. The van der Waals surface area contributed by atoms with Gasteiger partial charge in [-0.1, -0.05) is 0 Å². The molecule has 3 aliphatic rings. The number of likely N-dealkylation sites (tertiary alicyclic amines) is 1. The van der Waals surface area contributed by atoms with E-state index in [4.69, 9.17) is 4.74 Å². The second kappa shape index (κ2) is 8.70. The Morgan fingerprint density at radius 3 is 2.59 bits per heavy atom. The van der Waals surface area contributed by atoms with Crippen LogP contribution >= 0.6 is 0 Å². The van der Waals surface area contributed by atoms with Gasteiger partial charge in [0.25, 0.3) is 0 Å². The quantitative estimate of drug-likeness (QED) is 0.776. The first-order valence-corrected chi connectivity index (χ1v) is 11.7. The van der Waals surface area contributed by atoms with Crippen LogP contribution in [0, 0.1) is 11.2 Å². The van der Waals surface area contributed by atoms with Gasteiger partial charge in [0.1, 0.15) is 5.75 Å². The highest BCUT2D eigenvalue weighted by molar-refractivity contribution is 5.86. The molecule has 3 heterocycles. The van der Waals surface area contributed by atoms with Crippen molar-refractivity contribution >= 4 is 11.6 Å². The van der Waals surface area contributed by atoms with Gasteiger partial charge in [0.15, 0.2) is 11.6 Å². The van der Waals surface area contributed by atoms with E-state index >= 15 is 0 Å². The Balaban J connectivity index is 1.29. The van der Waals surface area contributed by atoms with E-state index < -0.39 is 5.82 Å². The molecule has 3 fully saturated rings. The summed E-state index contributed by atoms with van der Waals surface area (Å²) in [6.07, 6.45) is 8.98. The van der Waals surface area contributed by atoms with Crippen LogP contribution in [0.3, 0.4) is 0 Å². The number of amides is 1. The molecule has 5 rings (SSSR count). The van der Waals surface area contributed by atoms with Crippen molar-refractivity contribution in [3.8, 4) is 11.5 Å². The number of halogens is 1. The minimum atomic E-state index is -0.418. The molecule has 1 amide bonds. The molecular formula is C25H30FN3O3. The number of carbonyl (C=O) groups is 1. The summed E-state index contributed by atoms with van der Waals surface area (Å²) in [6, 6.07) is 8.66. The summed E-state index contributed by atoms with van der Waals surface area (Å²) < 4.78 is 20.4. The summed E-state index contributed by atoms with van der Waals surface area (Å²) in [5, 5.41) is 9.81. The van der Waals surface area contributed by atoms with Crippen molar-refractivity contribution in [1.29, 1.82) is 0 Å². The molecule has 1 atom stereocenters. The van der Waals surface area contributed by atoms with Crippen LogP contribution in [0.2, 0.25) is 0 Å². The minimum Gasteiger partial charge on any atom is -0.454 e. The molecule has 0 bridgehead atoms. The molecule has 1 aromatic heterocycles. The average molecular weight is 440 g/mol. The fourth-order valence-corrected chi connectivity index (χ4v) is 5.60. The van der Waals surface area contributed by atoms with E-state index in [9.17, 15) is 14.3 Å². The molecule has 32 heavy (non-hydrogen) atoms. The van der Waals surface area contributed by atoms with Crippen molar-refractivity contribution in [2.24, 2.45) is 5.41 Å². The molecule has 7 heteroatoms. The number of benzene rings is 1. The highest BCUT2D eigenvalue weighted by Crippen LogP contribution is 2.43. The van der Waals surface area contributed by atoms with Crippen molar-refractivity contribution in [3.63, 3.8) is 0 Å². The van der Waals surface area contributed by atoms with E-state index in [1.54, 1.807) is 30.6 Å². The number of hydrogen-bond donors (Lipinski definition) is 1. The monoisotopic (exact) mass is 439 g/mol. The van der Waals surface area contributed by atoms with E-state index in [-0.39, 0.29) is 29.2 Å². The fraction of sp³-hybridized carbons (Fsp3) is 0.520. The van der Waals surface area contributed by atoms with Gasteiger partial charge in [-0.25, -0.2) is 4.39 Å². The van der Waals surface area contributed by atoms with E-state index in [1.807, 2.05) is 6.07 Å². The van der Waals surface area contributed by atoms with Gasteiger partial charge in [-0.3, -0.25) is 9.78 Å². The highest BCUT2D eigenvalue weighted by Gasteiger charge is 2.50. The first-order chi connectivity index (χ1) is 15.5. The number of piperidine rings is 1. The van der Waals surface area contributed by atoms with Crippen LogP contribution in [-0.2, 0) is 4.79 Å². The zero-order chi connectivity index (χ0) is 22.1. The van der Waals surface area contributed by atoms with Crippen LogP contribution in [0.4, 0.5) is 10.1 Å². The normalized spacial score (nSPS) is 28.4. The largest absolute Gasteiger partial charge is 0.454 e. The summed E-state index contributed by atoms with van der Waals surface area (Å²) >= 11 is 0. The lowest BCUT2D eigenvalue weighted by Crippen LogP contribution is -2.50. The lowest BCUT2D eigenvalue weighted by molar-refractivity contribution is -0.139. The summed E-state index contributed by atoms with van der Waals surface area (Å²) in [4.78, 5) is 21.7. The van der Waals surface area contributed by atoms with Gasteiger partial charge in [-0.2, -0.15) is 0 Å².